The number of hydrogen-bond donors (Lipinski definition) is 1. The van der Waals surface area contributed by atoms with Crippen LogP contribution < -0.4 is 14.8 Å². The standard InChI is InChI=1S/C12H19NO2/c1-9-5-6-10(7-8-13-2)12(15-4)11(9)14-3/h5-6,13H,7-8H2,1-4H3. The van der Waals surface area contributed by atoms with Crippen molar-refractivity contribution in [3.63, 3.8) is 0 Å². The van der Waals surface area contributed by atoms with Crippen LogP contribution >= 0.6 is 0 Å². The first-order chi connectivity index (χ1) is 7.24. The molecule has 0 aliphatic carbocycles. The maximum absolute atomic E-state index is 5.39. The lowest BCUT2D eigenvalue weighted by Crippen LogP contribution is -2.11. The van der Waals surface area contributed by atoms with Crippen molar-refractivity contribution >= 4 is 0 Å². The third-order valence-electron chi connectivity index (χ3n) is 2.44. The highest BCUT2D eigenvalue weighted by Crippen LogP contribution is 2.34. The quantitative estimate of drug-likeness (QED) is 0.801. The number of nitrogens with one attached hydrogen (secondary N) is 1. The van der Waals surface area contributed by atoms with E-state index in [2.05, 4.69) is 17.4 Å². The van der Waals surface area contributed by atoms with Crippen LogP contribution in [-0.2, 0) is 6.42 Å². The minimum absolute atomic E-state index is 0.839. The van der Waals surface area contributed by atoms with Gasteiger partial charge in [0.1, 0.15) is 0 Å². The second-order valence-corrected chi connectivity index (χ2v) is 3.46. The van der Waals surface area contributed by atoms with E-state index in [4.69, 9.17) is 9.47 Å². The van der Waals surface area contributed by atoms with Gasteiger partial charge in [0.2, 0.25) is 0 Å². The lowest BCUT2D eigenvalue weighted by Gasteiger charge is -2.14. The fourth-order valence-corrected chi connectivity index (χ4v) is 1.64. The molecule has 1 rings (SSSR count). The lowest BCUT2D eigenvalue weighted by atomic mass is 10.1. The Bertz CT molecular complexity index is 324. The van der Waals surface area contributed by atoms with Crippen LogP contribution in [0.15, 0.2) is 12.1 Å². The summed E-state index contributed by atoms with van der Waals surface area (Å²) in [6.07, 6.45) is 0.941. The largest absolute Gasteiger partial charge is 0.493 e. The average molecular weight is 209 g/mol. The second kappa shape index (κ2) is 5.61. The molecule has 0 radical (unpaired) electrons. The summed E-state index contributed by atoms with van der Waals surface area (Å²) >= 11 is 0. The second-order valence-electron chi connectivity index (χ2n) is 3.46. The van der Waals surface area contributed by atoms with Crippen LogP contribution in [0.4, 0.5) is 0 Å². The van der Waals surface area contributed by atoms with Crippen molar-refractivity contribution < 1.29 is 9.47 Å². The van der Waals surface area contributed by atoms with Gasteiger partial charge >= 0.3 is 0 Å². The van der Waals surface area contributed by atoms with Crippen molar-refractivity contribution in [3.05, 3.63) is 23.3 Å². The zero-order valence-electron chi connectivity index (χ0n) is 9.89. The Morgan fingerprint density at radius 1 is 1.13 bits per heavy atom. The highest BCUT2D eigenvalue weighted by Gasteiger charge is 2.11. The van der Waals surface area contributed by atoms with Crippen molar-refractivity contribution in [1.29, 1.82) is 0 Å². The Kier molecular flexibility index (Phi) is 4.43. The van der Waals surface area contributed by atoms with Crippen molar-refractivity contribution in [2.45, 2.75) is 13.3 Å². The molecule has 15 heavy (non-hydrogen) atoms. The van der Waals surface area contributed by atoms with E-state index in [1.807, 2.05) is 14.0 Å². The van der Waals surface area contributed by atoms with Crippen molar-refractivity contribution in [1.82, 2.24) is 5.32 Å². The summed E-state index contributed by atoms with van der Waals surface area (Å²) in [6, 6.07) is 4.15. The zero-order chi connectivity index (χ0) is 11.3. The summed E-state index contributed by atoms with van der Waals surface area (Å²) in [5, 5.41) is 3.12. The molecule has 0 atom stereocenters. The Hall–Kier alpha value is -1.22. The van der Waals surface area contributed by atoms with Crippen LogP contribution in [0.1, 0.15) is 11.1 Å². The van der Waals surface area contributed by atoms with Gasteiger partial charge in [0.25, 0.3) is 0 Å². The smallest absolute Gasteiger partial charge is 0.164 e. The topological polar surface area (TPSA) is 30.5 Å². The molecule has 84 valence electrons. The number of rotatable bonds is 5. The predicted octanol–water partition coefficient (Wildman–Crippen LogP) is 1.77. The number of hydrogen-bond acceptors (Lipinski definition) is 3. The maximum atomic E-state index is 5.39. The fourth-order valence-electron chi connectivity index (χ4n) is 1.64. The van der Waals surface area contributed by atoms with Gasteiger partial charge in [0.05, 0.1) is 14.2 Å². The monoisotopic (exact) mass is 209 g/mol. The molecule has 0 unspecified atom stereocenters. The van der Waals surface area contributed by atoms with E-state index in [0.717, 1.165) is 30.0 Å². The van der Waals surface area contributed by atoms with E-state index >= 15 is 0 Å². The Labute approximate surface area is 91.4 Å². The molecule has 0 saturated carbocycles. The minimum atomic E-state index is 0.839. The molecule has 1 N–H and O–H groups in total. The van der Waals surface area contributed by atoms with Crippen molar-refractivity contribution in [2.75, 3.05) is 27.8 Å². The van der Waals surface area contributed by atoms with Gasteiger partial charge in [-0.25, -0.2) is 0 Å². The maximum Gasteiger partial charge on any atom is 0.164 e. The molecule has 0 saturated heterocycles. The molecule has 0 fully saturated rings. The van der Waals surface area contributed by atoms with E-state index in [-0.39, 0.29) is 0 Å². The SMILES string of the molecule is CNCCc1ccc(C)c(OC)c1OC. The first kappa shape index (κ1) is 11.9. The molecule has 0 heterocycles. The average Bonchev–Trinajstić information content (AvgIpc) is 2.26. The third-order valence-corrected chi connectivity index (χ3v) is 2.44. The minimum Gasteiger partial charge on any atom is -0.493 e. The fraction of sp³-hybridized carbons (Fsp3) is 0.500. The van der Waals surface area contributed by atoms with Gasteiger partial charge in [-0.15, -0.1) is 0 Å². The molecule has 0 amide bonds. The first-order valence-electron chi connectivity index (χ1n) is 5.09. The Balaban J connectivity index is 3.05. The van der Waals surface area contributed by atoms with Crippen LogP contribution in [-0.4, -0.2) is 27.8 Å². The summed E-state index contributed by atoms with van der Waals surface area (Å²) in [5.41, 5.74) is 2.27. The van der Waals surface area contributed by atoms with Crippen LogP contribution in [0.25, 0.3) is 0 Å². The lowest BCUT2D eigenvalue weighted by molar-refractivity contribution is 0.349. The molecular weight excluding hydrogens is 190 g/mol. The molecule has 0 bridgehead atoms. The van der Waals surface area contributed by atoms with E-state index in [1.54, 1.807) is 14.2 Å². The summed E-state index contributed by atoms with van der Waals surface area (Å²) in [4.78, 5) is 0. The Morgan fingerprint density at radius 3 is 2.33 bits per heavy atom. The van der Waals surface area contributed by atoms with Crippen LogP contribution in [0.3, 0.4) is 0 Å². The van der Waals surface area contributed by atoms with Gasteiger partial charge in [-0.2, -0.15) is 0 Å². The molecule has 1 aromatic rings. The number of likely N-dealkylation sites (N-methyl/N-ethyl adjacent to an activating group) is 1. The van der Waals surface area contributed by atoms with Gasteiger partial charge in [-0.05, 0) is 38.1 Å². The third kappa shape index (κ3) is 2.63. The van der Waals surface area contributed by atoms with E-state index < -0.39 is 0 Å². The normalized spacial score (nSPS) is 10.1. The first-order valence-corrected chi connectivity index (χ1v) is 5.09. The molecule has 3 nitrogen and oxygen atoms in total. The predicted molar refractivity (Wildman–Crippen MR) is 61.9 cm³/mol. The number of aryl methyl sites for hydroxylation is 1. The number of methoxy groups -OCH3 is 2. The summed E-state index contributed by atoms with van der Waals surface area (Å²) < 4.78 is 10.7. The zero-order valence-corrected chi connectivity index (χ0v) is 9.89. The van der Waals surface area contributed by atoms with E-state index in [1.165, 1.54) is 5.56 Å². The molecule has 0 aromatic heterocycles. The molecule has 0 spiro atoms. The summed E-state index contributed by atoms with van der Waals surface area (Å²) in [6.45, 7) is 2.95. The number of ether oxygens (including phenoxy) is 2. The summed E-state index contributed by atoms with van der Waals surface area (Å²) in [5.74, 6) is 1.69. The van der Waals surface area contributed by atoms with Gasteiger partial charge in [0.15, 0.2) is 11.5 Å². The van der Waals surface area contributed by atoms with Gasteiger partial charge in [-0.1, -0.05) is 12.1 Å². The van der Waals surface area contributed by atoms with Gasteiger partial charge in [0, 0.05) is 0 Å². The van der Waals surface area contributed by atoms with E-state index in [0.29, 0.717) is 0 Å². The molecule has 0 aliphatic rings. The molecule has 0 aliphatic heterocycles. The molecule has 1 aromatic carbocycles. The van der Waals surface area contributed by atoms with Crippen molar-refractivity contribution in [3.8, 4) is 11.5 Å². The van der Waals surface area contributed by atoms with Gasteiger partial charge < -0.3 is 14.8 Å². The van der Waals surface area contributed by atoms with Crippen LogP contribution in [0.2, 0.25) is 0 Å². The van der Waals surface area contributed by atoms with Crippen molar-refractivity contribution in [2.24, 2.45) is 0 Å². The molecule has 3 heteroatoms. The van der Waals surface area contributed by atoms with E-state index in [9.17, 15) is 0 Å². The highest BCUT2D eigenvalue weighted by atomic mass is 16.5. The Morgan fingerprint density at radius 2 is 1.80 bits per heavy atom. The summed E-state index contributed by atoms with van der Waals surface area (Å²) in [7, 11) is 5.30. The van der Waals surface area contributed by atoms with Gasteiger partial charge in [-0.3, -0.25) is 0 Å². The molecular formula is C12H19NO2. The van der Waals surface area contributed by atoms with Crippen LogP contribution in [0, 0.1) is 6.92 Å². The highest BCUT2D eigenvalue weighted by molar-refractivity contribution is 5.51. The number of benzene rings is 1. The van der Waals surface area contributed by atoms with Crippen LogP contribution in [0.5, 0.6) is 11.5 Å².